The van der Waals surface area contributed by atoms with Crippen LogP contribution in [0.2, 0.25) is 5.54 Å². The van der Waals surface area contributed by atoms with E-state index in [2.05, 4.69) is 6.92 Å². The molecule has 2 fully saturated rings. The number of hydrogen-bond donors (Lipinski definition) is 0. The van der Waals surface area contributed by atoms with Crippen LogP contribution >= 0.6 is 0 Å². The van der Waals surface area contributed by atoms with E-state index in [1.165, 1.54) is 12.8 Å². The van der Waals surface area contributed by atoms with Crippen molar-refractivity contribution in [3.05, 3.63) is 0 Å². The Morgan fingerprint density at radius 2 is 1.57 bits per heavy atom. The fraction of sp³-hybridized carbons (Fsp3) is 1.00. The van der Waals surface area contributed by atoms with Crippen LogP contribution in [0.4, 0.5) is 0 Å². The minimum Gasteiger partial charge on any atom is -0.374 e. The first kappa shape index (κ1) is 17.4. The zero-order valence-electron chi connectivity index (χ0n) is 14.1. The molecular formula is C16H32O4Si. The Morgan fingerprint density at radius 3 is 2.05 bits per heavy atom. The summed E-state index contributed by atoms with van der Waals surface area (Å²) in [7, 11) is -2.60. The second-order valence-electron chi connectivity index (χ2n) is 6.08. The van der Waals surface area contributed by atoms with Gasteiger partial charge in [-0.05, 0) is 52.4 Å². The summed E-state index contributed by atoms with van der Waals surface area (Å²) in [5, 5.41) is 0. The molecule has 4 atom stereocenters. The monoisotopic (exact) mass is 316 g/mol. The number of fused-ring (bicyclic) bond motifs is 1. The number of ether oxygens (including phenoxy) is 1. The summed E-state index contributed by atoms with van der Waals surface area (Å²) in [5.41, 5.74) is 0.424. The normalized spacial score (nSPS) is 30.0. The maximum absolute atomic E-state index is 6.18. The Balaban J connectivity index is 2.15. The molecule has 1 heterocycles. The second kappa shape index (κ2) is 8.06. The third kappa shape index (κ3) is 4.08. The lowest BCUT2D eigenvalue weighted by Crippen LogP contribution is -2.53. The zero-order chi connectivity index (χ0) is 15.3. The lowest BCUT2D eigenvalue weighted by atomic mass is 9.85. The molecule has 0 aromatic heterocycles. The van der Waals surface area contributed by atoms with Gasteiger partial charge in [0.05, 0.1) is 12.2 Å². The highest BCUT2D eigenvalue weighted by atomic mass is 28.4. The molecule has 0 aromatic carbocycles. The van der Waals surface area contributed by atoms with E-state index in [-0.39, 0.29) is 0 Å². The topological polar surface area (TPSA) is 40.2 Å². The van der Waals surface area contributed by atoms with Gasteiger partial charge >= 0.3 is 8.80 Å². The molecule has 0 aromatic rings. The van der Waals surface area contributed by atoms with Crippen LogP contribution in [0.3, 0.4) is 0 Å². The van der Waals surface area contributed by atoms with Gasteiger partial charge in [-0.2, -0.15) is 0 Å². The van der Waals surface area contributed by atoms with Crippen molar-refractivity contribution in [2.24, 2.45) is 5.92 Å². The van der Waals surface area contributed by atoms with Crippen molar-refractivity contribution in [2.75, 3.05) is 19.8 Å². The van der Waals surface area contributed by atoms with Crippen molar-refractivity contribution in [3.63, 3.8) is 0 Å². The Morgan fingerprint density at radius 1 is 0.952 bits per heavy atom. The fourth-order valence-corrected chi connectivity index (χ4v) is 7.48. The average molecular weight is 317 g/mol. The van der Waals surface area contributed by atoms with E-state index in [0.717, 1.165) is 19.3 Å². The lowest BCUT2D eigenvalue weighted by molar-refractivity contribution is 0.0494. The van der Waals surface area contributed by atoms with E-state index in [0.29, 0.717) is 43.5 Å². The predicted octanol–water partition coefficient (Wildman–Crippen LogP) is 3.77. The predicted molar refractivity (Wildman–Crippen MR) is 85.3 cm³/mol. The van der Waals surface area contributed by atoms with Gasteiger partial charge in [0.1, 0.15) is 0 Å². The first-order valence-corrected chi connectivity index (χ1v) is 10.6. The first-order valence-electron chi connectivity index (χ1n) is 8.77. The number of hydrogen-bond acceptors (Lipinski definition) is 4. The maximum Gasteiger partial charge on any atom is 0.504 e. The molecule has 0 radical (unpaired) electrons. The van der Waals surface area contributed by atoms with Crippen molar-refractivity contribution in [1.82, 2.24) is 0 Å². The summed E-state index contributed by atoms with van der Waals surface area (Å²) in [4.78, 5) is 0. The maximum atomic E-state index is 6.18. The summed E-state index contributed by atoms with van der Waals surface area (Å²) in [6, 6.07) is 0. The van der Waals surface area contributed by atoms with Crippen molar-refractivity contribution >= 4 is 8.80 Å². The highest BCUT2D eigenvalue weighted by Gasteiger charge is 2.55. The third-order valence-corrected chi connectivity index (χ3v) is 8.45. The summed E-state index contributed by atoms with van der Waals surface area (Å²) in [6.45, 7) is 10.4. The van der Waals surface area contributed by atoms with E-state index in [9.17, 15) is 0 Å². The molecule has 124 valence electrons. The van der Waals surface area contributed by atoms with Gasteiger partial charge in [0.2, 0.25) is 0 Å². The Bertz CT molecular complexity index is 296. The molecule has 4 unspecified atom stereocenters. The van der Waals surface area contributed by atoms with Crippen molar-refractivity contribution in [1.29, 1.82) is 0 Å². The van der Waals surface area contributed by atoms with Gasteiger partial charge in [0.15, 0.2) is 0 Å². The number of rotatable bonds is 10. The van der Waals surface area contributed by atoms with Gasteiger partial charge in [0.25, 0.3) is 0 Å². The second-order valence-corrected chi connectivity index (χ2v) is 8.90. The molecule has 21 heavy (non-hydrogen) atoms. The van der Waals surface area contributed by atoms with Crippen LogP contribution in [0.5, 0.6) is 0 Å². The van der Waals surface area contributed by atoms with Gasteiger partial charge in [-0.25, -0.2) is 0 Å². The molecule has 1 aliphatic heterocycles. The van der Waals surface area contributed by atoms with Crippen LogP contribution in [0.15, 0.2) is 0 Å². The molecule has 2 rings (SSSR count). The van der Waals surface area contributed by atoms with Crippen LogP contribution in [0.25, 0.3) is 0 Å². The minimum atomic E-state index is -2.60. The molecular weight excluding hydrogens is 284 g/mol. The quantitative estimate of drug-likeness (QED) is 0.454. The molecule has 0 bridgehead atoms. The van der Waals surface area contributed by atoms with Crippen LogP contribution in [0.1, 0.15) is 59.8 Å². The van der Waals surface area contributed by atoms with Crippen molar-refractivity contribution in [3.8, 4) is 0 Å². The Hall–Kier alpha value is 0.0569. The molecule has 0 spiro atoms. The van der Waals surface area contributed by atoms with Crippen LogP contribution in [-0.2, 0) is 18.0 Å². The Labute approximate surface area is 130 Å². The first-order chi connectivity index (χ1) is 10.2. The van der Waals surface area contributed by atoms with E-state index in [1.54, 1.807) is 0 Å². The summed E-state index contributed by atoms with van der Waals surface area (Å²) < 4.78 is 24.3. The number of epoxide rings is 1. The summed E-state index contributed by atoms with van der Waals surface area (Å²) >= 11 is 0. The molecule has 1 aliphatic carbocycles. The highest BCUT2D eigenvalue weighted by molar-refractivity contribution is 6.62. The Kier molecular flexibility index (Phi) is 6.68. The summed E-state index contributed by atoms with van der Waals surface area (Å²) in [6.07, 6.45) is 6.92. The van der Waals surface area contributed by atoms with Gasteiger partial charge in [-0.3, -0.25) is 0 Å². The highest BCUT2D eigenvalue weighted by Crippen LogP contribution is 2.48. The van der Waals surface area contributed by atoms with E-state index in [1.807, 2.05) is 20.8 Å². The van der Waals surface area contributed by atoms with Gasteiger partial charge in [-0.15, -0.1) is 0 Å². The van der Waals surface area contributed by atoms with Crippen LogP contribution in [-0.4, -0.2) is 40.8 Å². The molecule has 5 heteroatoms. The van der Waals surface area contributed by atoms with Crippen LogP contribution < -0.4 is 0 Å². The van der Waals surface area contributed by atoms with Gasteiger partial charge in [0, 0.05) is 25.4 Å². The van der Waals surface area contributed by atoms with Gasteiger partial charge in [-0.1, -0.05) is 13.3 Å². The SMILES string of the molecule is CCCC(C1CCC2OC2C1)[Si](OCC)(OCC)OCC. The van der Waals surface area contributed by atoms with E-state index < -0.39 is 8.80 Å². The summed E-state index contributed by atoms with van der Waals surface area (Å²) in [5.74, 6) is 0.630. The van der Waals surface area contributed by atoms with Crippen molar-refractivity contribution in [2.45, 2.75) is 77.5 Å². The lowest BCUT2D eigenvalue weighted by Gasteiger charge is -2.40. The molecule has 0 N–H and O–H groups in total. The van der Waals surface area contributed by atoms with E-state index in [4.69, 9.17) is 18.0 Å². The zero-order valence-corrected chi connectivity index (χ0v) is 15.1. The fourth-order valence-electron chi connectivity index (χ4n) is 3.86. The molecule has 2 aliphatic rings. The average Bonchev–Trinajstić information content (AvgIpc) is 3.23. The smallest absolute Gasteiger partial charge is 0.374 e. The molecule has 4 nitrogen and oxygen atoms in total. The van der Waals surface area contributed by atoms with Crippen molar-refractivity contribution < 1.29 is 18.0 Å². The standard InChI is InChI=1S/C16H32O4Si/c1-5-9-16(13-10-11-14-15(12-13)20-14)21(17-6-2,18-7-3)19-8-4/h13-16H,5-12H2,1-4H3. The largest absolute Gasteiger partial charge is 0.504 e. The van der Waals surface area contributed by atoms with Gasteiger partial charge < -0.3 is 18.0 Å². The van der Waals surface area contributed by atoms with E-state index >= 15 is 0 Å². The van der Waals surface area contributed by atoms with Crippen LogP contribution in [0, 0.1) is 5.92 Å². The molecule has 1 saturated heterocycles. The third-order valence-electron chi connectivity index (χ3n) is 4.70. The molecule has 1 saturated carbocycles. The minimum absolute atomic E-state index is 0.424. The molecule has 0 amide bonds.